The molecule has 6 nitrogen and oxygen atoms in total. The van der Waals surface area contributed by atoms with Crippen LogP contribution in [0.5, 0.6) is 0 Å². The van der Waals surface area contributed by atoms with Crippen LogP contribution in [-0.4, -0.2) is 27.9 Å². The van der Waals surface area contributed by atoms with Gasteiger partial charge in [-0.2, -0.15) is 0 Å². The first-order valence-electron chi connectivity index (χ1n) is 6.42. The third kappa shape index (κ3) is 4.92. The smallest absolute Gasteiger partial charge is 0.240 e. The van der Waals surface area contributed by atoms with Crippen LogP contribution in [0.3, 0.4) is 0 Å². The van der Waals surface area contributed by atoms with E-state index in [1.807, 2.05) is 6.92 Å². The third-order valence-electron chi connectivity index (χ3n) is 2.98. The van der Waals surface area contributed by atoms with Gasteiger partial charge in [0.25, 0.3) is 0 Å². The maximum atomic E-state index is 11.7. The molecule has 1 amide bonds. The number of nitrogens with two attached hydrogens (primary N) is 1. The van der Waals surface area contributed by atoms with Crippen molar-refractivity contribution in [3.63, 3.8) is 0 Å². The first-order valence-corrected chi connectivity index (χ1v) is 7.91. The largest absolute Gasteiger partial charge is 0.330 e. The quantitative estimate of drug-likeness (QED) is 0.696. The van der Waals surface area contributed by atoms with E-state index in [2.05, 4.69) is 10.0 Å². The highest BCUT2D eigenvalue weighted by Gasteiger charge is 2.11. The number of carbonyl (C=O) groups is 1. The molecule has 4 N–H and O–H groups in total. The van der Waals surface area contributed by atoms with Gasteiger partial charge in [-0.25, -0.2) is 13.1 Å². The maximum absolute atomic E-state index is 11.7. The number of nitrogens with one attached hydrogen (secondary N) is 2. The van der Waals surface area contributed by atoms with Crippen molar-refractivity contribution in [2.24, 2.45) is 11.7 Å². The number of benzene rings is 1. The first kappa shape index (κ1) is 16.6. The number of hydrogen-bond donors (Lipinski definition) is 3. The number of carbonyl (C=O) groups excluding carboxylic acids is 1. The molecule has 1 unspecified atom stereocenters. The molecule has 112 valence electrons. The summed E-state index contributed by atoms with van der Waals surface area (Å²) in [6.45, 7) is 2.55. The van der Waals surface area contributed by atoms with Crippen molar-refractivity contribution in [2.45, 2.75) is 24.7 Å². The van der Waals surface area contributed by atoms with Crippen LogP contribution < -0.4 is 15.8 Å². The van der Waals surface area contributed by atoms with Gasteiger partial charge in [0, 0.05) is 12.1 Å². The number of hydrogen-bond acceptors (Lipinski definition) is 4. The van der Waals surface area contributed by atoms with Gasteiger partial charge < -0.3 is 11.1 Å². The molecule has 0 bridgehead atoms. The van der Waals surface area contributed by atoms with Crippen LogP contribution in [0.25, 0.3) is 0 Å². The molecular formula is C13H21N3O3S. The third-order valence-corrected chi connectivity index (χ3v) is 4.41. The second-order valence-electron chi connectivity index (χ2n) is 4.66. The zero-order chi connectivity index (χ0) is 15.2. The Bertz CT molecular complexity index is 540. The molecule has 0 saturated heterocycles. The fourth-order valence-electron chi connectivity index (χ4n) is 1.55. The van der Waals surface area contributed by atoms with Crippen molar-refractivity contribution >= 4 is 21.6 Å². The van der Waals surface area contributed by atoms with Gasteiger partial charge in [-0.15, -0.1) is 0 Å². The van der Waals surface area contributed by atoms with Crippen molar-refractivity contribution in [3.8, 4) is 0 Å². The van der Waals surface area contributed by atoms with Crippen molar-refractivity contribution in [3.05, 3.63) is 24.3 Å². The van der Waals surface area contributed by atoms with Crippen molar-refractivity contribution < 1.29 is 13.2 Å². The van der Waals surface area contributed by atoms with Crippen molar-refractivity contribution in [1.29, 1.82) is 0 Å². The number of sulfonamides is 1. The molecule has 0 heterocycles. The lowest BCUT2D eigenvalue weighted by atomic mass is 10.1. The van der Waals surface area contributed by atoms with Crippen LogP contribution in [0.4, 0.5) is 5.69 Å². The molecule has 0 saturated carbocycles. The van der Waals surface area contributed by atoms with Gasteiger partial charge in [0.15, 0.2) is 0 Å². The molecule has 0 radical (unpaired) electrons. The molecule has 0 spiro atoms. The molecule has 1 rings (SSSR count). The summed E-state index contributed by atoms with van der Waals surface area (Å²) in [7, 11) is -2.09. The zero-order valence-corrected chi connectivity index (χ0v) is 12.5. The number of amides is 1. The van der Waals surface area contributed by atoms with Crippen molar-refractivity contribution in [1.82, 2.24) is 4.72 Å². The van der Waals surface area contributed by atoms with E-state index in [9.17, 15) is 13.2 Å². The molecule has 7 heteroatoms. The van der Waals surface area contributed by atoms with Crippen LogP contribution in [0.2, 0.25) is 0 Å². The molecule has 0 aliphatic rings. The SMILES string of the molecule is CNS(=O)(=O)c1ccc(NC(=O)CCC(C)CN)cc1. The number of anilines is 1. The molecule has 0 aromatic heterocycles. The Morgan fingerprint density at radius 2 is 1.90 bits per heavy atom. The highest BCUT2D eigenvalue weighted by Crippen LogP contribution is 2.14. The van der Waals surface area contributed by atoms with E-state index < -0.39 is 10.0 Å². The average Bonchev–Trinajstić information content (AvgIpc) is 2.45. The second-order valence-corrected chi connectivity index (χ2v) is 6.55. The second kappa shape index (κ2) is 7.37. The van der Waals surface area contributed by atoms with E-state index in [4.69, 9.17) is 5.73 Å². The summed E-state index contributed by atoms with van der Waals surface area (Å²) < 4.78 is 25.3. The number of rotatable bonds is 7. The Kier molecular flexibility index (Phi) is 6.12. The van der Waals surface area contributed by atoms with Crippen LogP contribution in [0, 0.1) is 5.92 Å². The summed E-state index contributed by atoms with van der Waals surface area (Å²) in [4.78, 5) is 11.9. The van der Waals surface area contributed by atoms with Crippen LogP contribution in [-0.2, 0) is 14.8 Å². The minimum atomic E-state index is -3.44. The predicted octanol–water partition coefficient (Wildman–Crippen LogP) is 0.908. The summed E-state index contributed by atoms with van der Waals surface area (Å²) >= 11 is 0. The lowest BCUT2D eigenvalue weighted by Crippen LogP contribution is -2.19. The van der Waals surface area contributed by atoms with E-state index in [-0.39, 0.29) is 10.8 Å². The van der Waals surface area contributed by atoms with Gasteiger partial charge >= 0.3 is 0 Å². The van der Waals surface area contributed by atoms with Gasteiger partial charge in [-0.3, -0.25) is 4.79 Å². The minimum absolute atomic E-state index is 0.102. The molecule has 0 fully saturated rings. The van der Waals surface area contributed by atoms with E-state index in [1.54, 1.807) is 12.1 Å². The molecule has 1 atom stereocenters. The van der Waals surface area contributed by atoms with Gasteiger partial charge in [-0.1, -0.05) is 6.92 Å². The van der Waals surface area contributed by atoms with Gasteiger partial charge in [-0.05, 0) is 50.2 Å². The monoisotopic (exact) mass is 299 g/mol. The van der Waals surface area contributed by atoms with E-state index >= 15 is 0 Å². The van der Waals surface area contributed by atoms with Crippen molar-refractivity contribution in [2.75, 3.05) is 18.9 Å². The Balaban J connectivity index is 2.60. The Morgan fingerprint density at radius 1 is 1.30 bits per heavy atom. The standard InChI is InChI=1S/C13H21N3O3S/c1-10(9-14)3-8-13(17)16-11-4-6-12(7-5-11)20(18,19)15-2/h4-7,10,15H,3,8-9,14H2,1-2H3,(H,16,17). The van der Waals surface area contributed by atoms with Crippen LogP contribution in [0.1, 0.15) is 19.8 Å². The average molecular weight is 299 g/mol. The molecule has 1 aromatic rings. The van der Waals surface area contributed by atoms with Crippen LogP contribution >= 0.6 is 0 Å². The van der Waals surface area contributed by atoms with Gasteiger partial charge in [0.1, 0.15) is 0 Å². The molecular weight excluding hydrogens is 278 g/mol. The lowest BCUT2D eigenvalue weighted by Gasteiger charge is -2.09. The highest BCUT2D eigenvalue weighted by atomic mass is 32.2. The van der Waals surface area contributed by atoms with Crippen LogP contribution in [0.15, 0.2) is 29.2 Å². The minimum Gasteiger partial charge on any atom is -0.330 e. The summed E-state index contributed by atoms with van der Waals surface area (Å²) in [5.41, 5.74) is 6.06. The Morgan fingerprint density at radius 3 is 2.40 bits per heavy atom. The molecule has 20 heavy (non-hydrogen) atoms. The van der Waals surface area contributed by atoms with E-state index in [1.165, 1.54) is 19.2 Å². The summed E-state index contributed by atoms with van der Waals surface area (Å²) in [6, 6.07) is 6.02. The Labute approximate surface area is 119 Å². The van der Waals surface area contributed by atoms with E-state index in [0.29, 0.717) is 24.6 Å². The fraction of sp³-hybridized carbons (Fsp3) is 0.462. The normalized spacial score (nSPS) is 12.9. The first-order chi connectivity index (χ1) is 9.39. The Hall–Kier alpha value is -1.44. The molecule has 0 aliphatic heterocycles. The topological polar surface area (TPSA) is 101 Å². The zero-order valence-electron chi connectivity index (χ0n) is 11.7. The summed E-state index contributed by atoms with van der Waals surface area (Å²) in [6.07, 6.45) is 1.13. The highest BCUT2D eigenvalue weighted by molar-refractivity contribution is 7.89. The van der Waals surface area contributed by atoms with Gasteiger partial charge in [0.2, 0.25) is 15.9 Å². The predicted molar refractivity (Wildman–Crippen MR) is 78.8 cm³/mol. The summed E-state index contributed by atoms with van der Waals surface area (Å²) in [5.74, 6) is 0.207. The lowest BCUT2D eigenvalue weighted by molar-refractivity contribution is -0.116. The summed E-state index contributed by atoms with van der Waals surface area (Å²) in [5, 5.41) is 2.72. The molecule has 0 aliphatic carbocycles. The van der Waals surface area contributed by atoms with E-state index in [0.717, 1.165) is 6.42 Å². The fourth-order valence-corrected chi connectivity index (χ4v) is 2.28. The maximum Gasteiger partial charge on any atom is 0.240 e. The van der Waals surface area contributed by atoms with Gasteiger partial charge in [0.05, 0.1) is 4.90 Å². The molecule has 1 aromatic carbocycles.